The van der Waals surface area contributed by atoms with Crippen LogP contribution in [0.3, 0.4) is 0 Å². The first-order valence-corrected chi connectivity index (χ1v) is 9.38. The molecule has 3 heterocycles. The Bertz CT molecular complexity index is 592. The summed E-state index contributed by atoms with van der Waals surface area (Å²) in [5, 5.41) is 1.25. The van der Waals surface area contributed by atoms with Gasteiger partial charge >= 0.3 is 0 Å². The molecule has 0 bridgehead atoms. The first kappa shape index (κ1) is 15.0. The van der Waals surface area contributed by atoms with Crippen LogP contribution in [0, 0.1) is 0 Å². The Morgan fingerprint density at radius 1 is 1.14 bits per heavy atom. The molecule has 0 radical (unpaired) electrons. The number of piperazine rings is 1. The number of hydrogen-bond donors (Lipinski definition) is 0. The van der Waals surface area contributed by atoms with E-state index in [1.807, 2.05) is 16.2 Å². The average molecular weight is 322 g/mol. The molecule has 1 amide bonds. The predicted octanol–water partition coefficient (Wildman–Crippen LogP) is 3.69. The highest BCUT2D eigenvalue weighted by molar-refractivity contribution is 7.39. The van der Waals surface area contributed by atoms with Gasteiger partial charge in [0.2, 0.25) is 0 Å². The first-order chi connectivity index (χ1) is 10.2. The van der Waals surface area contributed by atoms with Crippen LogP contribution in [0.4, 0.5) is 0 Å². The number of amides is 1. The molecule has 2 aromatic heterocycles. The number of carbonyl (C=O) groups excluding carboxylic acids is 1. The van der Waals surface area contributed by atoms with E-state index >= 15 is 0 Å². The van der Waals surface area contributed by atoms with Crippen molar-refractivity contribution < 1.29 is 4.79 Å². The second-order valence-electron chi connectivity index (χ2n) is 5.55. The second kappa shape index (κ2) is 6.46. The molecule has 1 saturated heterocycles. The van der Waals surface area contributed by atoms with Crippen molar-refractivity contribution in [3.63, 3.8) is 0 Å². The Hall–Kier alpha value is -0.910. The summed E-state index contributed by atoms with van der Waals surface area (Å²) in [5.74, 6) is 0.220. The minimum absolute atomic E-state index is 0.220. The molecule has 0 aromatic carbocycles. The fourth-order valence-corrected chi connectivity index (χ4v) is 5.22. The lowest BCUT2D eigenvalue weighted by atomic mass is 10.2. The molecule has 21 heavy (non-hydrogen) atoms. The van der Waals surface area contributed by atoms with Crippen LogP contribution in [0.2, 0.25) is 0 Å². The summed E-state index contributed by atoms with van der Waals surface area (Å²) in [4.78, 5) is 19.4. The summed E-state index contributed by atoms with van der Waals surface area (Å²) in [6.45, 7) is 9.29. The zero-order chi connectivity index (χ0) is 14.8. The molecule has 0 unspecified atom stereocenters. The van der Waals surface area contributed by atoms with Crippen molar-refractivity contribution in [2.24, 2.45) is 0 Å². The van der Waals surface area contributed by atoms with E-state index < -0.39 is 0 Å². The SMILES string of the molecule is CCCN1CCN(C(=O)c2cc3cc(CC)sc3s2)CC1. The molecule has 0 saturated carbocycles. The molecule has 0 atom stereocenters. The number of thiophene rings is 2. The van der Waals surface area contributed by atoms with Crippen molar-refractivity contribution in [3.05, 3.63) is 21.9 Å². The Morgan fingerprint density at radius 2 is 1.90 bits per heavy atom. The number of carbonyl (C=O) groups is 1. The van der Waals surface area contributed by atoms with Crippen LogP contribution in [0.5, 0.6) is 0 Å². The maximum absolute atomic E-state index is 12.6. The lowest BCUT2D eigenvalue weighted by molar-refractivity contribution is 0.0642. The van der Waals surface area contributed by atoms with Crippen molar-refractivity contribution in [1.82, 2.24) is 9.80 Å². The molecule has 114 valence electrons. The molecular weight excluding hydrogens is 300 g/mol. The van der Waals surface area contributed by atoms with Crippen LogP contribution < -0.4 is 0 Å². The van der Waals surface area contributed by atoms with Crippen molar-refractivity contribution in [1.29, 1.82) is 0 Å². The molecule has 0 spiro atoms. The van der Waals surface area contributed by atoms with Gasteiger partial charge < -0.3 is 4.90 Å². The highest BCUT2D eigenvalue weighted by Crippen LogP contribution is 2.34. The maximum atomic E-state index is 12.6. The maximum Gasteiger partial charge on any atom is 0.264 e. The topological polar surface area (TPSA) is 23.6 Å². The summed E-state index contributed by atoms with van der Waals surface area (Å²) < 4.78 is 1.29. The third kappa shape index (κ3) is 3.15. The van der Waals surface area contributed by atoms with Crippen LogP contribution >= 0.6 is 22.7 Å². The van der Waals surface area contributed by atoms with Gasteiger partial charge in [-0.15, -0.1) is 22.7 Å². The lowest BCUT2D eigenvalue weighted by Gasteiger charge is -2.34. The summed E-state index contributed by atoms with van der Waals surface area (Å²) >= 11 is 3.49. The highest BCUT2D eigenvalue weighted by Gasteiger charge is 2.23. The van der Waals surface area contributed by atoms with Crippen LogP contribution in [0.25, 0.3) is 9.40 Å². The van der Waals surface area contributed by atoms with Gasteiger partial charge in [0.1, 0.15) is 0 Å². The molecule has 2 aromatic rings. The van der Waals surface area contributed by atoms with Gasteiger partial charge in [-0.3, -0.25) is 9.69 Å². The van der Waals surface area contributed by atoms with Crippen LogP contribution in [-0.2, 0) is 6.42 Å². The third-order valence-corrected chi connectivity index (χ3v) is 6.55. The van der Waals surface area contributed by atoms with Gasteiger partial charge in [0.15, 0.2) is 0 Å². The van der Waals surface area contributed by atoms with Gasteiger partial charge in [0.05, 0.1) is 8.89 Å². The van der Waals surface area contributed by atoms with Gasteiger partial charge in [0.25, 0.3) is 5.91 Å². The monoisotopic (exact) mass is 322 g/mol. The molecule has 3 nitrogen and oxygen atoms in total. The average Bonchev–Trinajstić information content (AvgIpc) is 3.05. The Labute approximate surface area is 134 Å². The predicted molar refractivity (Wildman–Crippen MR) is 91.7 cm³/mol. The van der Waals surface area contributed by atoms with Gasteiger partial charge in [-0.1, -0.05) is 13.8 Å². The summed E-state index contributed by atoms with van der Waals surface area (Å²) in [6, 6.07) is 4.31. The van der Waals surface area contributed by atoms with Crippen molar-refractivity contribution in [2.75, 3.05) is 32.7 Å². The zero-order valence-electron chi connectivity index (χ0n) is 12.7. The Morgan fingerprint density at radius 3 is 2.52 bits per heavy atom. The summed E-state index contributed by atoms with van der Waals surface area (Å²) in [6.07, 6.45) is 2.27. The summed E-state index contributed by atoms with van der Waals surface area (Å²) in [5.41, 5.74) is 0. The third-order valence-electron chi connectivity index (χ3n) is 4.02. The largest absolute Gasteiger partial charge is 0.335 e. The van der Waals surface area contributed by atoms with Crippen LogP contribution in [-0.4, -0.2) is 48.4 Å². The molecule has 1 aliphatic rings. The number of nitrogens with zero attached hydrogens (tertiary/aromatic N) is 2. The second-order valence-corrected chi connectivity index (χ2v) is 8.00. The fourth-order valence-electron chi connectivity index (χ4n) is 2.82. The molecular formula is C16H22N2OS2. The molecule has 0 aliphatic carbocycles. The van der Waals surface area contributed by atoms with Crippen LogP contribution in [0.15, 0.2) is 12.1 Å². The Kier molecular flexibility index (Phi) is 4.62. The number of rotatable bonds is 4. The van der Waals surface area contributed by atoms with Gasteiger partial charge in [-0.2, -0.15) is 0 Å². The zero-order valence-corrected chi connectivity index (χ0v) is 14.4. The van der Waals surface area contributed by atoms with Crippen molar-refractivity contribution in [3.8, 4) is 0 Å². The van der Waals surface area contributed by atoms with Crippen molar-refractivity contribution in [2.45, 2.75) is 26.7 Å². The van der Waals surface area contributed by atoms with E-state index in [2.05, 4.69) is 30.9 Å². The molecule has 1 aliphatic heterocycles. The molecule has 0 N–H and O–H groups in total. The normalized spacial score (nSPS) is 16.8. The van der Waals surface area contributed by atoms with Crippen molar-refractivity contribution >= 4 is 38.0 Å². The van der Waals surface area contributed by atoms with Gasteiger partial charge in [-0.05, 0) is 31.5 Å². The van der Waals surface area contributed by atoms with Crippen LogP contribution in [0.1, 0.15) is 34.8 Å². The fraction of sp³-hybridized carbons (Fsp3) is 0.562. The molecule has 1 fully saturated rings. The van der Waals surface area contributed by atoms with Gasteiger partial charge in [-0.25, -0.2) is 0 Å². The smallest absolute Gasteiger partial charge is 0.264 e. The van der Waals surface area contributed by atoms with E-state index in [0.717, 1.165) is 44.0 Å². The van der Waals surface area contributed by atoms with E-state index in [9.17, 15) is 4.79 Å². The van der Waals surface area contributed by atoms with Gasteiger partial charge in [0, 0.05) is 36.4 Å². The quantitative estimate of drug-likeness (QED) is 0.857. The number of aryl methyl sites for hydroxylation is 1. The van der Waals surface area contributed by atoms with E-state index in [4.69, 9.17) is 0 Å². The highest BCUT2D eigenvalue weighted by atomic mass is 32.2. The molecule has 3 rings (SSSR count). The minimum atomic E-state index is 0.220. The van der Waals surface area contributed by atoms with E-state index in [1.54, 1.807) is 11.3 Å². The minimum Gasteiger partial charge on any atom is -0.335 e. The standard InChI is InChI=1S/C16H22N2OS2/c1-3-5-17-6-8-18(9-7-17)15(19)14-11-12-10-13(4-2)20-16(12)21-14/h10-11H,3-9H2,1-2H3. The lowest BCUT2D eigenvalue weighted by Crippen LogP contribution is -2.48. The summed E-state index contributed by atoms with van der Waals surface area (Å²) in [7, 11) is 0. The Balaban J connectivity index is 1.68. The van der Waals surface area contributed by atoms with E-state index in [1.165, 1.54) is 20.7 Å². The molecule has 5 heteroatoms. The van der Waals surface area contributed by atoms with E-state index in [0.29, 0.717) is 0 Å². The number of fused-ring (bicyclic) bond motifs is 1. The first-order valence-electron chi connectivity index (χ1n) is 7.75. The number of hydrogen-bond acceptors (Lipinski definition) is 4. The van der Waals surface area contributed by atoms with E-state index in [-0.39, 0.29) is 5.91 Å².